The van der Waals surface area contributed by atoms with Gasteiger partial charge >= 0.3 is 5.91 Å². The number of nitrogens with zero attached hydrogens (tertiary/aromatic N) is 1. The predicted molar refractivity (Wildman–Crippen MR) is 91.0 cm³/mol. The summed E-state index contributed by atoms with van der Waals surface area (Å²) in [5.41, 5.74) is 4.36. The van der Waals surface area contributed by atoms with Crippen LogP contribution in [0.1, 0.15) is 21.7 Å². The number of ether oxygens (including phenoxy) is 1. The molecule has 0 radical (unpaired) electrons. The Hall–Kier alpha value is -3.34. The van der Waals surface area contributed by atoms with Crippen LogP contribution < -0.4 is 10.2 Å². The predicted octanol–water partition coefficient (Wildman–Crippen LogP) is 3.62. The molecule has 0 saturated carbocycles. The molecule has 1 heterocycles. The first-order valence-corrected chi connectivity index (χ1v) is 7.45. The summed E-state index contributed by atoms with van der Waals surface area (Å²) in [6.07, 6.45) is 2.99. The van der Waals surface area contributed by atoms with Crippen LogP contribution in [-0.4, -0.2) is 12.1 Å². The number of hydrogen-bond acceptors (Lipinski definition) is 4. The second-order valence-corrected chi connectivity index (χ2v) is 5.02. The normalized spacial score (nSPS) is 10.7. The minimum atomic E-state index is -0.390. The Bertz CT molecular complexity index is 794. The van der Waals surface area contributed by atoms with E-state index >= 15 is 0 Å². The highest BCUT2D eigenvalue weighted by molar-refractivity contribution is 5.92. The number of nitrogens with one attached hydrogen (secondary N) is 1. The Kier molecular flexibility index (Phi) is 5.04. The fourth-order valence-corrected chi connectivity index (χ4v) is 2.02. The molecule has 3 rings (SSSR count). The summed E-state index contributed by atoms with van der Waals surface area (Å²) in [5, 5.41) is 3.90. The highest BCUT2D eigenvalue weighted by atomic mass is 16.5. The first-order valence-electron chi connectivity index (χ1n) is 7.45. The summed E-state index contributed by atoms with van der Waals surface area (Å²) >= 11 is 0. The molecule has 3 aromatic rings. The van der Waals surface area contributed by atoms with Crippen molar-refractivity contribution in [3.8, 4) is 5.75 Å². The maximum Gasteiger partial charge on any atom is 0.307 e. The molecule has 0 atom stereocenters. The lowest BCUT2D eigenvalue weighted by atomic mass is 10.2. The summed E-state index contributed by atoms with van der Waals surface area (Å²) in [6, 6.07) is 20.6. The van der Waals surface area contributed by atoms with Gasteiger partial charge in [-0.15, -0.1) is 0 Å². The highest BCUT2D eigenvalue weighted by Gasteiger charge is 2.05. The zero-order valence-electron chi connectivity index (χ0n) is 12.9. The topological polar surface area (TPSA) is 63.8 Å². The number of carbonyl (C=O) groups excluding carboxylic acids is 1. The third-order valence-corrected chi connectivity index (χ3v) is 3.25. The molecular weight excluding hydrogens is 304 g/mol. The molecule has 0 aliphatic carbocycles. The van der Waals surface area contributed by atoms with Gasteiger partial charge < -0.3 is 9.15 Å². The fraction of sp³-hybridized carbons (Fsp3) is 0.0526. The van der Waals surface area contributed by atoms with Gasteiger partial charge in [-0.25, -0.2) is 5.43 Å². The Morgan fingerprint density at radius 3 is 2.54 bits per heavy atom. The van der Waals surface area contributed by atoms with Crippen LogP contribution in [0.25, 0.3) is 0 Å². The standard InChI is InChI=1S/C19H16N2O3/c22-19(18-7-4-12-23-18)21-20-13-15-8-10-17(11-9-15)24-14-16-5-2-1-3-6-16/h1-13H,14H2,(H,21,22)/b20-13-. The molecule has 0 bridgehead atoms. The maximum absolute atomic E-state index is 11.6. The molecule has 1 amide bonds. The van der Waals surface area contributed by atoms with E-state index < -0.39 is 0 Å². The lowest BCUT2D eigenvalue weighted by Crippen LogP contribution is -2.16. The Morgan fingerprint density at radius 2 is 1.83 bits per heavy atom. The van der Waals surface area contributed by atoms with Crippen molar-refractivity contribution in [2.75, 3.05) is 0 Å². The zero-order valence-corrected chi connectivity index (χ0v) is 12.9. The molecule has 0 unspecified atom stereocenters. The van der Waals surface area contributed by atoms with Crippen LogP contribution in [0.15, 0.2) is 82.5 Å². The molecular formula is C19H16N2O3. The molecule has 0 aliphatic heterocycles. The minimum absolute atomic E-state index is 0.219. The van der Waals surface area contributed by atoms with Gasteiger partial charge in [-0.3, -0.25) is 4.79 Å². The van der Waals surface area contributed by atoms with E-state index in [4.69, 9.17) is 9.15 Å². The van der Waals surface area contributed by atoms with Crippen LogP contribution in [0.3, 0.4) is 0 Å². The van der Waals surface area contributed by atoms with Crippen LogP contribution in [0.4, 0.5) is 0 Å². The SMILES string of the molecule is O=C(N/N=C\c1ccc(OCc2ccccc2)cc1)c1ccco1. The van der Waals surface area contributed by atoms with Gasteiger partial charge in [0.05, 0.1) is 12.5 Å². The van der Waals surface area contributed by atoms with Crippen molar-refractivity contribution in [2.45, 2.75) is 6.61 Å². The zero-order chi connectivity index (χ0) is 16.6. The summed E-state index contributed by atoms with van der Waals surface area (Å²) in [4.78, 5) is 11.6. The van der Waals surface area contributed by atoms with Crippen molar-refractivity contribution in [2.24, 2.45) is 5.10 Å². The number of amides is 1. The number of carbonyl (C=O) groups is 1. The quantitative estimate of drug-likeness (QED) is 0.557. The first kappa shape index (κ1) is 15.6. The van der Waals surface area contributed by atoms with Crippen molar-refractivity contribution in [1.82, 2.24) is 5.43 Å². The second kappa shape index (κ2) is 7.78. The average molecular weight is 320 g/mol. The number of hydrazone groups is 1. The van der Waals surface area contributed by atoms with E-state index in [2.05, 4.69) is 10.5 Å². The van der Waals surface area contributed by atoms with Crippen LogP contribution in [0, 0.1) is 0 Å². The van der Waals surface area contributed by atoms with Gasteiger partial charge in [0.2, 0.25) is 0 Å². The lowest BCUT2D eigenvalue weighted by molar-refractivity contribution is 0.0927. The van der Waals surface area contributed by atoms with Crippen molar-refractivity contribution >= 4 is 12.1 Å². The molecule has 5 heteroatoms. The van der Waals surface area contributed by atoms with Crippen molar-refractivity contribution < 1.29 is 13.9 Å². The van der Waals surface area contributed by atoms with Gasteiger partial charge in [0.15, 0.2) is 5.76 Å². The highest BCUT2D eigenvalue weighted by Crippen LogP contribution is 2.13. The largest absolute Gasteiger partial charge is 0.489 e. The van der Waals surface area contributed by atoms with Crippen LogP contribution >= 0.6 is 0 Å². The number of rotatable bonds is 6. The molecule has 0 saturated heterocycles. The van der Waals surface area contributed by atoms with E-state index in [1.54, 1.807) is 18.3 Å². The first-order chi connectivity index (χ1) is 11.8. The Labute approximate surface area is 139 Å². The second-order valence-electron chi connectivity index (χ2n) is 5.02. The summed E-state index contributed by atoms with van der Waals surface area (Å²) < 4.78 is 10.7. The van der Waals surface area contributed by atoms with Gasteiger partial charge in [-0.1, -0.05) is 30.3 Å². The van der Waals surface area contributed by atoms with E-state index in [1.165, 1.54) is 6.26 Å². The molecule has 2 aromatic carbocycles. The van der Waals surface area contributed by atoms with E-state index in [9.17, 15) is 4.79 Å². The van der Waals surface area contributed by atoms with Gasteiger partial charge in [0.25, 0.3) is 0 Å². The number of hydrogen-bond donors (Lipinski definition) is 1. The number of furan rings is 1. The summed E-state index contributed by atoms with van der Waals surface area (Å²) in [7, 11) is 0. The lowest BCUT2D eigenvalue weighted by Gasteiger charge is -2.06. The van der Waals surface area contributed by atoms with Crippen LogP contribution in [0.5, 0.6) is 5.75 Å². The fourth-order valence-electron chi connectivity index (χ4n) is 2.02. The molecule has 120 valence electrons. The van der Waals surface area contributed by atoms with E-state index in [1.807, 2.05) is 54.6 Å². The van der Waals surface area contributed by atoms with Crippen molar-refractivity contribution in [1.29, 1.82) is 0 Å². The monoisotopic (exact) mass is 320 g/mol. The molecule has 24 heavy (non-hydrogen) atoms. The van der Waals surface area contributed by atoms with E-state index in [0.717, 1.165) is 16.9 Å². The van der Waals surface area contributed by atoms with Gasteiger partial charge in [-0.2, -0.15) is 5.10 Å². The molecule has 0 aliphatic rings. The third-order valence-electron chi connectivity index (χ3n) is 3.25. The van der Waals surface area contributed by atoms with Crippen LogP contribution in [0.2, 0.25) is 0 Å². The summed E-state index contributed by atoms with van der Waals surface area (Å²) in [5.74, 6) is 0.603. The van der Waals surface area contributed by atoms with Crippen LogP contribution in [-0.2, 0) is 6.61 Å². The maximum atomic E-state index is 11.6. The smallest absolute Gasteiger partial charge is 0.307 e. The Morgan fingerprint density at radius 1 is 1.04 bits per heavy atom. The molecule has 5 nitrogen and oxygen atoms in total. The van der Waals surface area contributed by atoms with Crippen molar-refractivity contribution in [3.63, 3.8) is 0 Å². The molecule has 1 N–H and O–H groups in total. The minimum Gasteiger partial charge on any atom is -0.489 e. The Balaban J connectivity index is 1.51. The van der Waals surface area contributed by atoms with E-state index in [0.29, 0.717) is 6.61 Å². The van der Waals surface area contributed by atoms with Gasteiger partial charge in [0.1, 0.15) is 12.4 Å². The average Bonchev–Trinajstić information content (AvgIpc) is 3.17. The molecule has 0 spiro atoms. The number of benzene rings is 2. The van der Waals surface area contributed by atoms with E-state index in [-0.39, 0.29) is 11.7 Å². The third kappa shape index (κ3) is 4.33. The summed E-state index contributed by atoms with van der Waals surface area (Å²) in [6.45, 7) is 0.521. The molecule has 1 aromatic heterocycles. The van der Waals surface area contributed by atoms with Gasteiger partial charge in [0, 0.05) is 0 Å². The molecule has 0 fully saturated rings. The van der Waals surface area contributed by atoms with Gasteiger partial charge in [-0.05, 0) is 47.5 Å². The van der Waals surface area contributed by atoms with Crippen molar-refractivity contribution in [3.05, 3.63) is 89.9 Å².